The molecule has 27 heavy (non-hydrogen) atoms. The molecule has 3 rings (SSSR count). The van der Waals surface area contributed by atoms with Crippen LogP contribution in [0.15, 0.2) is 48.5 Å². The van der Waals surface area contributed by atoms with Gasteiger partial charge in [0.1, 0.15) is 0 Å². The van der Waals surface area contributed by atoms with Gasteiger partial charge in [-0.15, -0.1) is 0 Å². The Morgan fingerprint density at radius 2 is 1.93 bits per heavy atom. The molecule has 0 saturated heterocycles. The molecule has 0 aliphatic heterocycles. The number of nitrogens with one attached hydrogen (secondary N) is 1. The maximum Gasteiger partial charge on any atom is 0.390 e. The summed E-state index contributed by atoms with van der Waals surface area (Å²) in [4.78, 5) is 22.7. The summed E-state index contributed by atoms with van der Waals surface area (Å²) >= 11 is 6.07. The van der Waals surface area contributed by atoms with Crippen molar-refractivity contribution in [1.82, 2.24) is 9.78 Å². The Hall–Kier alpha value is -3.19. The number of nitrogens with zero attached hydrogens (tertiary/aromatic N) is 3. The first-order valence-electron chi connectivity index (χ1n) is 8.19. The minimum atomic E-state index is -0.519. The molecule has 138 valence electrons. The first-order chi connectivity index (χ1) is 12.8. The fourth-order valence-electron chi connectivity index (χ4n) is 2.61. The highest BCUT2D eigenvalue weighted by Gasteiger charge is 2.15. The molecule has 0 radical (unpaired) electrons. The highest BCUT2D eigenvalue weighted by molar-refractivity contribution is 6.31. The van der Waals surface area contributed by atoms with Gasteiger partial charge in [0.2, 0.25) is 0 Å². The number of aryl methyl sites for hydroxylation is 1. The fourth-order valence-corrected chi connectivity index (χ4v) is 2.79. The number of hydrogen-bond donors (Lipinski definition) is 1. The van der Waals surface area contributed by atoms with Crippen molar-refractivity contribution in [2.45, 2.75) is 20.4 Å². The molecule has 1 aromatic heterocycles. The van der Waals surface area contributed by atoms with Gasteiger partial charge in [-0.2, -0.15) is 4.68 Å². The molecule has 0 saturated carbocycles. The zero-order valence-electron chi connectivity index (χ0n) is 14.8. The van der Waals surface area contributed by atoms with Crippen LogP contribution in [0.2, 0.25) is 5.02 Å². The first kappa shape index (κ1) is 18.6. The average molecular weight is 385 g/mol. The molecule has 1 amide bonds. The van der Waals surface area contributed by atoms with Crippen LogP contribution >= 0.6 is 11.6 Å². The van der Waals surface area contributed by atoms with Crippen LogP contribution in [0.1, 0.15) is 27.2 Å². The minimum absolute atomic E-state index is 0.180. The van der Waals surface area contributed by atoms with E-state index >= 15 is 0 Å². The molecule has 1 N–H and O–H groups in total. The van der Waals surface area contributed by atoms with Crippen molar-refractivity contribution < 1.29 is 9.72 Å². The summed E-state index contributed by atoms with van der Waals surface area (Å²) in [6, 6.07) is 13.8. The number of carbonyl (C=O) groups is 1. The number of halogens is 1. The van der Waals surface area contributed by atoms with Crippen molar-refractivity contribution in [3.05, 3.63) is 86.1 Å². The second-order valence-electron chi connectivity index (χ2n) is 6.12. The summed E-state index contributed by atoms with van der Waals surface area (Å²) < 4.78 is 1.56. The van der Waals surface area contributed by atoms with Gasteiger partial charge in [-0.3, -0.25) is 4.79 Å². The molecule has 0 aliphatic carbocycles. The SMILES string of the molecule is Cc1c(Cl)cccc1NC(=O)c1ccc(Cn2nc([N+](=O)[O-])cc2C)cc1. The van der Waals surface area contributed by atoms with Gasteiger partial charge in [0.25, 0.3) is 5.91 Å². The largest absolute Gasteiger partial charge is 0.390 e. The van der Waals surface area contributed by atoms with Gasteiger partial charge >= 0.3 is 5.82 Å². The Morgan fingerprint density at radius 1 is 1.22 bits per heavy atom. The molecule has 3 aromatic rings. The summed E-state index contributed by atoms with van der Waals surface area (Å²) in [6.07, 6.45) is 0. The molecule has 1 heterocycles. The molecule has 0 spiro atoms. The van der Waals surface area contributed by atoms with E-state index in [0.717, 1.165) is 11.1 Å². The van der Waals surface area contributed by atoms with Crippen molar-refractivity contribution in [1.29, 1.82) is 0 Å². The summed E-state index contributed by atoms with van der Waals surface area (Å²) in [7, 11) is 0. The smallest absolute Gasteiger partial charge is 0.358 e. The van der Waals surface area contributed by atoms with Crippen LogP contribution in [0.25, 0.3) is 0 Å². The zero-order valence-corrected chi connectivity index (χ0v) is 15.5. The average Bonchev–Trinajstić information content (AvgIpc) is 3.00. The van der Waals surface area contributed by atoms with E-state index in [1.165, 1.54) is 6.07 Å². The van der Waals surface area contributed by atoms with Crippen LogP contribution in [0, 0.1) is 24.0 Å². The molecular formula is C19H17ClN4O3. The lowest BCUT2D eigenvalue weighted by atomic mass is 10.1. The van der Waals surface area contributed by atoms with Crippen LogP contribution in [0.3, 0.4) is 0 Å². The van der Waals surface area contributed by atoms with E-state index in [0.29, 0.717) is 28.5 Å². The molecule has 0 atom stereocenters. The van der Waals surface area contributed by atoms with Gasteiger partial charge in [0, 0.05) is 16.3 Å². The predicted octanol–water partition coefficient (Wildman–Crippen LogP) is 4.36. The Bertz CT molecular complexity index is 1010. The van der Waals surface area contributed by atoms with Gasteiger partial charge in [0.15, 0.2) is 0 Å². The molecule has 2 aromatic carbocycles. The van der Waals surface area contributed by atoms with Crippen molar-refractivity contribution in [2.24, 2.45) is 0 Å². The summed E-state index contributed by atoms with van der Waals surface area (Å²) in [6.45, 7) is 3.98. The van der Waals surface area contributed by atoms with E-state index in [1.807, 2.05) is 6.92 Å². The summed E-state index contributed by atoms with van der Waals surface area (Å²) in [5, 5.41) is 18.2. The molecule has 8 heteroatoms. The van der Waals surface area contributed by atoms with E-state index in [1.54, 1.807) is 54.1 Å². The van der Waals surface area contributed by atoms with Gasteiger partial charge in [-0.25, -0.2) is 0 Å². The first-order valence-corrected chi connectivity index (χ1v) is 8.57. The lowest BCUT2D eigenvalue weighted by Gasteiger charge is -2.10. The quantitative estimate of drug-likeness (QED) is 0.522. The minimum Gasteiger partial charge on any atom is -0.358 e. The van der Waals surface area contributed by atoms with E-state index in [9.17, 15) is 14.9 Å². The highest BCUT2D eigenvalue weighted by atomic mass is 35.5. The third-order valence-corrected chi connectivity index (χ3v) is 4.63. The number of rotatable bonds is 5. The number of anilines is 1. The Labute approximate surface area is 160 Å². The summed E-state index contributed by atoms with van der Waals surface area (Å²) in [5.41, 5.74) is 3.55. The molecule has 0 aliphatic rings. The number of nitro groups is 1. The van der Waals surface area contributed by atoms with Crippen LogP contribution in [-0.4, -0.2) is 20.6 Å². The second kappa shape index (κ2) is 7.59. The Morgan fingerprint density at radius 3 is 2.56 bits per heavy atom. The molecule has 0 fully saturated rings. The van der Waals surface area contributed by atoms with Crippen molar-refractivity contribution in [2.75, 3.05) is 5.32 Å². The molecular weight excluding hydrogens is 368 g/mol. The van der Waals surface area contributed by atoms with Gasteiger partial charge in [-0.1, -0.05) is 29.8 Å². The lowest BCUT2D eigenvalue weighted by Crippen LogP contribution is -2.13. The van der Waals surface area contributed by atoms with E-state index in [2.05, 4.69) is 10.4 Å². The monoisotopic (exact) mass is 384 g/mol. The van der Waals surface area contributed by atoms with Gasteiger partial charge in [-0.05, 0) is 54.2 Å². The molecule has 0 bridgehead atoms. The van der Waals surface area contributed by atoms with Gasteiger partial charge < -0.3 is 15.4 Å². The Balaban J connectivity index is 1.72. The third kappa shape index (κ3) is 4.15. The lowest BCUT2D eigenvalue weighted by molar-refractivity contribution is -0.389. The summed E-state index contributed by atoms with van der Waals surface area (Å²) in [5.74, 6) is -0.418. The fraction of sp³-hybridized carbons (Fsp3) is 0.158. The number of hydrogen-bond acceptors (Lipinski definition) is 4. The molecule has 0 unspecified atom stereocenters. The number of carbonyl (C=O) groups excluding carboxylic acids is 1. The van der Waals surface area contributed by atoms with Crippen LogP contribution in [0.4, 0.5) is 11.5 Å². The Kier molecular flexibility index (Phi) is 5.23. The zero-order chi connectivity index (χ0) is 19.6. The highest BCUT2D eigenvalue weighted by Crippen LogP contribution is 2.23. The maximum atomic E-state index is 12.4. The normalized spacial score (nSPS) is 10.6. The predicted molar refractivity (Wildman–Crippen MR) is 103 cm³/mol. The van der Waals surface area contributed by atoms with Crippen molar-refractivity contribution in [3.63, 3.8) is 0 Å². The third-order valence-electron chi connectivity index (χ3n) is 4.22. The maximum absolute atomic E-state index is 12.4. The van der Waals surface area contributed by atoms with Crippen molar-refractivity contribution >= 4 is 29.0 Å². The van der Waals surface area contributed by atoms with Crippen LogP contribution < -0.4 is 5.32 Å². The molecule has 7 nitrogen and oxygen atoms in total. The van der Waals surface area contributed by atoms with E-state index in [4.69, 9.17) is 11.6 Å². The van der Waals surface area contributed by atoms with Crippen LogP contribution in [-0.2, 0) is 6.54 Å². The number of amides is 1. The number of aromatic nitrogens is 2. The van der Waals surface area contributed by atoms with Crippen LogP contribution in [0.5, 0.6) is 0 Å². The number of benzene rings is 2. The second-order valence-corrected chi connectivity index (χ2v) is 6.53. The standard InChI is InChI=1S/C19H17ClN4O3/c1-12-10-18(24(26)27)22-23(12)11-14-6-8-15(9-7-14)19(25)21-17-5-3-4-16(20)13(17)2/h3-10H,11H2,1-2H3,(H,21,25). The van der Waals surface area contributed by atoms with Gasteiger partial charge in [0.05, 0.1) is 23.4 Å². The topological polar surface area (TPSA) is 90.1 Å². The van der Waals surface area contributed by atoms with Crippen molar-refractivity contribution in [3.8, 4) is 0 Å². The van der Waals surface area contributed by atoms with E-state index < -0.39 is 4.92 Å². The van der Waals surface area contributed by atoms with E-state index in [-0.39, 0.29) is 11.7 Å².